The van der Waals surface area contributed by atoms with Gasteiger partial charge in [0.05, 0.1) is 0 Å². The number of allylic oxidation sites excluding steroid dienone is 2. The number of nitrogens with two attached hydrogens (primary N) is 1. The number of fused-ring (bicyclic) bond motifs is 5. The normalized spacial score (nSPS) is 51.5. The molecule has 1 heteroatoms. The Labute approximate surface area is 149 Å². The van der Waals surface area contributed by atoms with Crippen LogP contribution in [0.3, 0.4) is 0 Å². The highest BCUT2D eigenvalue weighted by Crippen LogP contribution is 2.69. The zero-order valence-corrected chi connectivity index (χ0v) is 16.5. The molecular formula is C23H39N. The maximum atomic E-state index is 7.13. The third-order valence-corrected chi connectivity index (χ3v) is 9.78. The smallest absolute Gasteiger partial charge is 0.0211 e. The van der Waals surface area contributed by atoms with Crippen molar-refractivity contribution in [3.63, 3.8) is 0 Å². The van der Waals surface area contributed by atoms with Crippen LogP contribution in [0.4, 0.5) is 0 Å². The minimum absolute atomic E-state index is 0.128. The molecule has 0 aromatic heterocycles. The lowest BCUT2D eigenvalue weighted by Gasteiger charge is -2.60. The number of hydrogen-bond acceptors (Lipinski definition) is 1. The fraction of sp³-hybridized carbons (Fsp3) is 0.913. The zero-order chi connectivity index (χ0) is 17.2. The van der Waals surface area contributed by atoms with Gasteiger partial charge in [0.15, 0.2) is 0 Å². The molecule has 0 spiro atoms. The SMILES string of the molecule is CCCC(C)C1(N)CCC2C1CCC1(C)C2CC=C2CCCC21C. The Morgan fingerprint density at radius 2 is 1.96 bits per heavy atom. The molecule has 4 aliphatic carbocycles. The topological polar surface area (TPSA) is 26.0 Å². The Balaban J connectivity index is 1.65. The van der Waals surface area contributed by atoms with E-state index in [9.17, 15) is 0 Å². The maximum Gasteiger partial charge on any atom is 0.0211 e. The lowest BCUT2D eigenvalue weighted by molar-refractivity contribution is -0.0694. The van der Waals surface area contributed by atoms with Gasteiger partial charge >= 0.3 is 0 Å². The summed E-state index contributed by atoms with van der Waals surface area (Å²) < 4.78 is 0. The molecule has 4 aliphatic rings. The summed E-state index contributed by atoms with van der Waals surface area (Å²) in [7, 11) is 0. The summed E-state index contributed by atoms with van der Waals surface area (Å²) >= 11 is 0. The third kappa shape index (κ3) is 2.03. The molecule has 0 amide bonds. The predicted molar refractivity (Wildman–Crippen MR) is 103 cm³/mol. The van der Waals surface area contributed by atoms with Gasteiger partial charge in [-0.25, -0.2) is 0 Å². The van der Waals surface area contributed by atoms with E-state index in [1.807, 2.05) is 5.57 Å². The van der Waals surface area contributed by atoms with E-state index in [4.69, 9.17) is 5.73 Å². The first-order valence-electron chi connectivity index (χ1n) is 10.8. The summed E-state index contributed by atoms with van der Waals surface area (Å²) in [5, 5.41) is 0. The van der Waals surface area contributed by atoms with Crippen LogP contribution in [0.25, 0.3) is 0 Å². The van der Waals surface area contributed by atoms with Crippen LogP contribution in [0.1, 0.15) is 91.9 Å². The maximum absolute atomic E-state index is 7.13. The largest absolute Gasteiger partial charge is 0.325 e. The minimum Gasteiger partial charge on any atom is -0.325 e. The van der Waals surface area contributed by atoms with Gasteiger partial charge in [0, 0.05) is 5.54 Å². The molecule has 3 saturated carbocycles. The minimum atomic E-state index is 0.128. The van der Waals surface area contributed by atoms with Gasteiger partial charge in [-0.15, -0.1) is 0 Å². The highest BCUT2D eigenvalue weighted by atomic mass is 14.8. The van der Waals surface area contributed by atoms with Gasteiger partial charge in [-0.2, -0.15) is 0 Å². The summed E-state index contributed by atoms with van der Waals surface area (Å²) in [6, 6.07) is 0. The summed E-state index contributed by atoms with van der Waals surface area (Å²) in [6.07, 6.45) is 16.3. The van der Waals surface area contributed by atoms with Gasteiger partial charge in [0.2, 0.25) is 0 Å². The Kier molecular flexibility index (Phi) is 4.00. The van der Waals surface area contributed by atoms with Gasteiger partial charge in [0.25, 0.3) is 0 Å². The molecule has 0 saturated heterocycles. The first-order chi connectivity index (χ1) is 11.4. The van der Waals surface area contributed by atoms with Gasteiger partial charge in [-0.3, -0.25) is 0 Å². The van der Waals surface area contributed by atoms with Crippen LogP contribution in [0.5, 0.6) is 0 Å². The Morgan fingerprint density at radius 3 is 2.71 bits per heavy atom. The molecule has 1 nitrogen and oxygen atoms in total. The van der Waals surface area contributed by atoms with Gasteiger partial charge in [-0.1, -0.05) is 45.8 Å². The van der Waals surface area contributed by atoms with Crippen molar-refractivity contribution in [3.8, 4) is 0 Å². The van der Waals surface area contributed by atoms with Crippen molar-refractivity contribution in [3.05, 3.63) is 11.6 Å². The monoisotopic (exact) mass is 329 g/mol. The van der Waals surface area contributed by atoms with Crippen LogP contribution >= 0.6 is 0 Å². The average Bonchev–Trinajstić information content (AvgIpc) is 3.10. The molecule has 7 unspecified atom stereocenters. The van der Waals surface area contributed by atoms with Crippen LogP contribution in [-0.2, 0) is 0 Å². The fourth-order valence-electron chi connectivity index (χ4n) is 8.03. The van der Waals surface area contributed by atoms with Crippen LogP contribution in [-0.4, -0.2) is 5.54 Å². The quantitative estimate of drug-likeness (QED) is 0.624. The molecule has 0 aromatic rings. The molecule has 0 aliphatic heterocycles. The second-order valence-electron chi connectivity index (χ2n) is 10.3. The molecule has 0 aromatic carbocycles. The summed E-state index contributed by atoms with van der Waals surface area (Å²) in [6.45, 7) is 10.0. The van der Waals surface area contributed by atoms with E-state index in [-0.39, 0.29) is 5.54 Å². The number of rotatable bonds is 3. The molecule has 0 radical (unpaired) electrons. The molecule has 136 valence electrons. The molecule has 3 fully saturated rings. The molecular weight excluding hydrogens is 290 g/mol. The van der Waals surface area contributed by atoms with E-state index >= 15 is 0 Å². The van der Waals surface area contributed by atoms with E-state index in [1.165, 1.54) is 64.2 Å². The molecule has 0 heterocycles. The lowest BCUT2D eigenvalue weighted by Crippen LogP contribution is -2.57. The van der Waals surface area contributed by atoms with E-state index in [0.29, 0.717) is 16.7 Å². The van der Waals surface area contributed by atoms with E-state index in [0.717, 1.165) is 17.8 Å². The molecule has 2 N–H and O–H groups in total. The van der Waals surface area contributed by atoms with Crippen LogP contribution < -0.4 is 5.73 Å². The Morgan fingerprint density at radius 1 is 1.17 bits per heavy atom. The standard InChI is InChI=1S/C23H39N/c1-5-7-16(2)23(24)15-11-18-19-10-9-17-8-6-13-21(17,3)22(19,4)14-12-20(18)23/h9,16,18-20H,5-8,10-15,24H2,1-4H3. The second kappa shape index (κ2) is 5.60. The summed E-state index contributed by atoms with van der Waals surface area (Å²) in [5.74, 6) is 3.27. The second-order valence-corrected chi connectivity index (χ2v) is 10.3. The highest BCUT2D eigenvalue weighted by Gasteiger charge is 2.62. The van der Waals surface area contributed by atoms with Gasteiger partial charge < -0.3 is 5.73 Å². The number of hydrogen-bond donors (Lipinski definition) is 1. The molecule has 7 atom stereocenters. The summed E-state index contributed by atoms with van der Waals surface area (Å²) in [5.41, 5.74) is 10.1. The molecule has 24 heavy (non-hydrogen) atoms. The van der Waals surface area contributed by atoms with Crippen LogP contribution in [0.2, 0.25) is 0 Å². The van der Waals surface area contributed by atoms with Crippen LogP contribution in [0, 0.1) is 34.5 Å². The fourth-order valence-corrected chi connectivity index (χ4v) is 8.03. The molecule has 4 rings (SSSR count). The lowest BCUT2D eigenvalue weighted by atomic mass is 9.45. The van der Waals surface area contributed by atoms with E-state index < -0.39 is 0 Å². The first-order valence-corrected chi connectivity index (χ1v) is 10.8. The van der Waals surface area contributed by atoms with E-state index in [2.05, 4.69) is 33.8 Å². The van der Waals surface area contributed by atoms with Crippen molar-refractivity contribution in [2.75, 3.05) is 0 Å². The molecule has 0 bridgehead atoms. The third-order valence-electron chi connectivity index (χ3n) is 9.78. The Hall–Kier alpha value is -0.300. The Bertz CT molecular complexity index is 536. The average molecular weight is 330 g/mol. The van der Waals surface area contributed by atoms with Crippen molar-refractivity contribution >= 4 is 0 Å². The first kappa shape index (κ1) is 17.1. The predicted octanol–water partition coefficient (Wildman–Crippen LogP) is 6.08. The zero-order valence-electron chi connectivity index (χ0n) is 16.5. The van der Waals surface area contributed by atoms with Crippen molar-refractivity contribution in [1.29, 1.82) is 0 Å². The van der Waals surface area contributed by atoms with Gasteiger partial charge in [0.1, 0.15) is 0 Å². The summed E-state index contributed by atoms with van der Waals surface area (Å²) in [4.78, 5) is 0. The van der Waals surface area contributed by atoms with Crippen molar-refractivity contribution in [1.82, 2.24) is 0 Å². The van der Waals surface area contributed by atoms with E-state index in [1.54, 1.807) is 0 Å². The van der Waals surface area contributed by atoms with Gasteiger partial charge in [-0.05, 0) is 92.3 Å². The van der Waals surface area contributed by atoms with Crippen molar-refractivity contribution in [2.45, 2.75) is 97.4 Å². The van der Waals surface area contributed by atoms with Crippen molar-refractivity contribution in [2.24, 2.45) is 40.2 Å². The highest BCUT2D eigenvalue weighted by molar-refractivity contribution is 5.29. The van der Waals surface area contributed by atoms with Crippen LogP contribution in [0.15, 0.2) is 11.6 Å². The van der Waals surface area contributed by atoms with Crippen molar-refractivity contribution < 1.29 is 0 Å².